The van der Waals surface area contributed by atoms with Crippen LogP contribution in [0, 0.1) is 0 Å². The van der Waals surface area contributed by atoms with Crippen molar-refractivity contribution in [3.8, 4) is 0 Å². The van der Waals surface area contributed by atoms with E-state index in [9.17, 15) is 4.79 Å². The fourth-order valence-electron chi connectivity index (χ4n) is 0.804. The Morgan fingerprint density at radius 1 is 1.60 bits per heavy atom. The Morgan fingerprint density at radius 2 is 2.10 bits per heavy atom. The van der Waals surface area contributed by atoms with Crippen molar-refractivity contribution in [3.05, 3.63) is 0 Å². The molecule has 0 aromatic heterocycles. The Morgan fingerprint density at radius 3 is 2.20 bits per heavy atom. The number of carbonyl (C=O) groups is 1. The predicted molar refractivity (Wildman–Crippen MR) is 31.5 cm³/mol. The Balaban J connectivity index is 2.54. The van der Waals surface area contributed by atoms with Crippen LogP contribution in [0.5, 0.6) is 0 Å². The largest absolute Gasteiger partial charge is 0.479 e. The number of aliphatic carboxylic acids is 1. The fourth-order valence-corrected chi connectivity index (χ4v) is 0.804. The second-order valence-electron chi connectivity index (χ2n) is 2.45. The lowest BCUT2D eigenvalue weighted by Gasteiger charge is -2.39. The van der Waals surface area contributed by atoms with Crippen molar-refractivity contribution in [2.45, 2.75) is 11.7 Å². The summed E-state index contributed by atoms with van der Waals surface area (Å²) in [6.07, 6.45) is -1.67. The summed E-state index contributed by atoms with van der Waals surface area (Å²) in [5, 5.41) is 28.9. The zero-order valence-electron chi connectivity index (χ0n) is 5.24. The van der Waals surface area contributed by atoms with Crippen molar-refractivity contribution in [2.75, 3.05) is 13.1 Å². The summed E-state index contributed by atoms with van der Waals surface area (Å²) in [7, 11) is 0. The molecule has 0 aromatic rings. The molecule has 1 rings (SSSR count). The third-order valence-electron chi connectivity index (χ3n) is 1.61. The van der Waals surface area contributed by atoms with E-state index in [-0.39, 0.29) is 13.1 Å². The van der Waals surface area contributed by atoms with Gasteiger partial charge in [0.1, 0.15) is 5.60 Å². The van der Waals surface area contributed by atoms with Gasteiger partial charge in [-0.25, -0.2) is 4.79 Å². The molecule has 0 saturated carbocycles. The quantitative estimate of drug-likeness (QED) is 0.355. The fraction of sp³-hybridized carbons (Fsp3) is 0.800. The number of hydrogen-bond donors (Lipinski definition) is 4. The molecule has 1 aliphatic heterocycles. The molecule has 0 amide bonds. The molecule has 0 aromatic carbocycles. The van der Waals surface area contributed by atoms with E-state index in [2.05, 4.69) is 5.32 Å². The summed E-state index contributed by atoms with van der Waals surface area (Å²) >= 11 is 0. The average molecular weight is 147 g/mol. The first-order valence-corrected chi connectivity index (χ1v) is 2.90. The van der Waals surface area contributed by atoms with Crippen LogP contribution in [-0.4, -0.2) is 46.1 Å². The van der Waals surface area contributed by atoms with Crippen molar-refractivity contribution in [1.29, 1.82) is 0 Å². The van der Waals surface area contributed by atoms with E-state index in [1.165, 1.54) is 0 Å². The summed E-state index contributed by atoms with van der Waals surface area (Å²) < 4.78 is 0. The van der Waals surface area contributed by atoms with Crippen LogP contribution >= 0.6 is 0 Å². The number of aliphatic hydroxyl groups is 2. The lowest BCUT2D eigenvalue weighted by molar-refractivity contribution is -0.169. The normalized spacial score (nSPS) is 25.0. The molecule has 4 N–H and O–H groups in total. The summed E-state index contributed by atoms with van der Waals surface area (Å²) in [5.41, 5.74) is -1.45. The first-order valence-electron chi connectivity index (χ1n) is 2.90. The Labute approximate surface area is 57.3 Å². The zero-order valence-corrected chi connectivity index (χ0v) is 5.24. The number of nitrogens with one attached hydrogen (secondary N) is 1. The van der Waals surface area contributed by atoms with E-state index < -0.39 is 17.7 Å². The molecule has 10 heavy (non-hydrogen) atoms. The third kappa shape index (κ3) is 0.985. The average Bonchev–Trinajstić information content (AvgIpc) is 1.81. The van der Waals surface area contributed by atoms with Crippen molar-refractivity contribution in [1.82, 2.24) is 5.32 Å². The molecule has 5 heteroatoms. The Kier molecular flexibility index (Phi) is 1.63. The minimum Gasteiger partial charge on any atom is -0.479 e. The van der Waals surface area contributed by atoms with Gasteiger partial charge in [-0.1, -0.05) is 0 Å². The van der Waals surface area contributed by atoms with Gasteiger partial charge in [-0.3, -0.25) is 0 Å². The van der Waals surface area contributed by atoms with Crippen LogP contribution in [0.15, 0.2) is 0 Å². The first-order chi connectivity index (χ1) is 4.56. The lowest BCUT2D eigenvalue weighted by Crippen LogP contribution is -2.67. The van der Waals surface area contributed by atoms with Gasteiger partial charge in [-0.2, -0.15) is 0 Å². The van der Waals surface area contributed by atoms with Gasteiger partial charge in [0.25, 0.3) is 0 Å². The molecule has 1 heterocycles. The summed E-state index contributed by atoms with van der Waals surface area (Å²) in [4.78, 5) is 10.1. The molecule has 0 aliphatic carbocycles. The SMILES string of the molecule is O=C(O)C(O)C1(O)CNC1. The van der Waals surface area contributed by atoms with Crippen molar-refractivity contribution < 1.29 is 20.1 Å². The molecule has 0 bridgehead atoms. The van der Waals surface area contributed by atoms with Crippen molar-refractivity contribution >= 4 is 5.97 Å². The summed E-state index contributed by atoms with van der Waals surface area (Å²) in [6, 6.07) is 0. The van der Waals surface area contributed by atoms with Gasteiger partial charge in [0, 0.05) is 13.1 Å². The summed E-state index contributed by atoms with van der Waals surface area (Å²) in [5.74, 6) is -1.39. The molecule has 1 unspecified atom stereocenters. The molecular weight excluding hydrogens is 138 g/mol. The first kappa shape index (κ1) is 7.46. The van der Waals surface area contributed by atoms with Crippen LogP contribution in [-0.2, 0) is 4.79 Å². The van der Waals surface area contributed by atoms with Crippen LogP contribution in [0.4, 0.5) is 0 Å². The minimum absolute atomic E-state index is 0.139. The highest BCUT2D eigenvalue weighted by Gasteiger charge is 2.45. The number of carboxylic acids is 1. The Hall–Kier alpha value is -0.650. The molecule has 0 spiro atoms. The number of carboxylic acid groups (broad SMARTS) is 1. The van der Waals surface area contributed by atoms with Crippen LogP contribution in [0.1, 0.15) is 0 Å². The van der Waals surface area contributed by atoms with Gasteiger partial charge >= 0.3 is 5.97 Å². The maximum Gasteiger partial charge on any atom is 0.335 e. The van der Waals surface area contributed by atoms with Crippen molar-refractivity contribution in [2.24, 2.45) is 0 Å². The van der Waals surface area contributed by atoms with Gasteiger partial charge in [-0.15, -0.1) is 0 Å². The molecule has 58 valence electrons. The molecular formula is C5H9NO4. The van der Waals surface area contributed by atoms with E-state index in [1.807, 2.05) is 0 Å². The topological polar surface area (TPSA) is 89.8 Å². The smallest absolute Gasteiger partial charge is 0.335 e. The molecule has 0 radical (unpaired) electrons. The summed E-state index contributed by atoms with van der Waals surface area (Å²) in [6.45, 7) is 0.279. The van der Waals surface area contributed by atoms with Gasteiger partial charge < -0.3 is 20.6 Å². The van der Waals surface area contributed by atoms with Crippen LogP contribution < -0.4 is 5.32 Å². The third-order valence-corrected chi connectivity index (χ3v) is 1.61. The lowest BCUT2D eigenvalue weighted by atomic mass is 9.90. The van der Waals surface area contributed by atoms with Crippen LogP contribution in [0.2, 0.25) is 0 Å². The molecule has 5 nitrogen and oxygen atoms in total. The van der Waals surface area contributed by atoms with Crippen LogP contribution in [0.3, 0.4) is 0 Å². The van der Waals surface area contributed by atoms with E-state index in [0.29, 0.717) is 0 Å². The highest BCUT2D eigenvalue weighted by atomic mass is 16.4. The second-order valence-corrected chi connectivity index (χ2v) is 2.45. The Bertz CT molecular complexity index is 154. The highest BCUT2D eigenvalue weighted by Crippen LogP contribution is 2.15. The van der Waals surface area contributed by atoms with Gasteiger partial charge in [0.2, 0.25) is 0 Å². The van der Waals surface area contributed by atoms with Gasteiger partial charge in [0.05, 0.1) is 0 Å². The standard InChI is InChI=1S/C5H9NO4/c7-3(4(8)9)5(10)1-6-2-5/h3,6-7,10H,1-2H2,(H,8,9). The molecule has 1 atom stereocenters. The van der Waals surface area contributed by atoms with Crippen LogP contribution in [0.25, 0.3) is 0 Å². The predicted octanol–water partition coefficient (Wildman–Crippen LogP) is -2.23. The minimum atomic E-state index is -1.67. The van der Waals surface area contributed by atoms with Gasteiger partial charge in [0.15, 0.2) is 6.10 Å². The number of hydrogen-bond acceptors (Lipinski definition) is 4. The highest BCUT2D eigenvalue weighted by molar-refractivity contribution is 5.74. The molecule has 1 fully saturated rings. The molecule has 1 saturated heterocycles. The number of β-amino-alcohol motifs (C(OH)–C–C–N with tert-alkyl or cyclic N) is 1. The van der Waals surface area contributed by atoms with Crippen molar-refractivity contribution in [3.63, 3.8) is 0 Å². The van der Waals surface area contributed by atoms with Gasteiger partial charge in [-0.05, 0) is 0 Å². The maximum atomic E-state index is 10.1. The number of aliphatic hydroxyl groups excluding tert-OH is 1. The van der Waals surface area contributed by atoms with E-state index in [4.69, 9.17) is 15.3 Å². The molecule has 1 aliphatic rings. The maximum absolute atomic E-state index is 10.1. The number of rotatable bonds is 2. The van der Waals surface area contributed by atoms with E-state index >= 15 is 0 Å². The second kappa shape index (κ2) is 2.19. The van der Waals surface area contributed by atoms with E-state index in [1.54, 1.807) is 0 Å². The zero-order chi connectivity index (χ0) is 7.78. The van der Waals surface area contributed by atoms with E-state index in [0.717, 1.165) is 0 Å². The monoisotopic (exact) mass is 147 g/mol.